The van der Waals surface area contributed by atoms with Crippen LogP contribution in [0.25, 0.3) is 0 Å². The first-order valence-corrected chi connectivity index (χ1v) is 5.72. The van der Waals surface area contributed by atoms with Gasteiger partial charge in [-0.1, -0.05) is 0 Å². The molecule has 8 nitrogen and oxygen atoms in total. The monoisotopic (exact) mass is 256 g/mol. The van der Waals surface area contributed by atoms with Gasteiger partial charge in [0.05, 0.1) is 33.0 Å². The fourth-order valence-corrected chi connectivity index (χ4v) is 2.60. The summed E-state index contributed by atoms with van der Waals surface area (Å²) in [4.78, 5) is 38.5. The molecule has 2 aliphatic rings. The third-order valence-corrected chi connectivity index (χ3v) is 3.51. The minimum absolute atomic E-state index is 0.0651. The van der Waals surface area contributed by atoms with Gasteiger partial charge in [0.15, 0.2) is 0 Å². The zero-order chi connectivity index (χ0) is 13.5. The van der Waals surface area contributed by atoms with Crippen molar-refractivity contribution in [3.63, 3.8) is 0 Å². The second kappa shape index (κ2) is 4.20. The van der Waals surface area contributed by atoms with E-state index < -0.39 is 5.54 Å². The van der Waals surface area contributed by atoms with Crippen LogP contribution >= 0.6 is 0 Å². The predicted octanol–water partition coefficient (Wildman–Crippen LogP) is -1.06. The third-order valence-electron chi connectivity index (χ3n) is 3.51. The number of nitrogens with zero attached hydrogens (tertiary/aromatic N) is 4. The normalized spacial score (nSPS) is 31.1. The van der Waals surface area contributed by atoms with Gasteiger partial charge >= 0.3 is 0 Å². The van der Waals surface area contributed by atoms with Crippen molar-refractivity contribution >= 4 is 11.8 Å². The Kier molecular flexibility index (Phi) is 2.97. The number of hydrogen-bond acceptors (Lipinski definition) is 5. The molecule has 0 N–H and O–H groups in total. The average Bonchev–Trinajstić information content (AvgIpc) is 2.27. The lowest BCUT2D eigenvalue weighted by Crippen LogP contribution is -2.73. The highest BCUT2D eigenvalue weighted by Gasteiger charge is 2.54. The van der Waals surface area contributed by atoms with Gasteiger partial charge in [0.1, 0.15) is 0 Å². The molecular formula is C10H16N4O4. The standard InChI is InChI=1S/C10H16N4O4/c1-8(15)12-4-10(14(17)18)3-11(6-12)7-13(5-10)9(2)16/h3-7H2,1-2H3. The van der Waals surface area contributed by atoms with Crippen molar-refractivity contribution in [1.29, 1.82) is 0 Å². The molecule has 0 radical (unpaired) electrons. The molecule has 0 saturated carbocycles. The highest BCUT2D eigenvalue weighted by Crippen LogP contribution is 2.26. The van der Waals surface area contributed by atoms with Crippen LogP contribution in [0.5, 0.6) is 0 Å². The minimum atomic E-state index is -1.26. The molecule has 0 aromatic carbocycles. The van der Waals surface area contributed by atoms with E-state index in [1.54, 1.807) is 4.90 Å². The summed E-state index contributed by atoms with van der Waals surface area (Å²) < 4.78 is 0. The number of carbonyl (C=O) groups is 2. The van der Waals surface area contributed by atoms with Gasteiger partial charge in [-0.3, -0.25) is 24.6 Å². The van der Waals surface area contributed by atoms with E-state index in [0.29, 0.717) is 13.3 Å². The second-order valence-corrected chi connectivity index (χ2v) is 5.03. The van der Waals surface area contributed by atoms with Crippen molar-refractivity contribution < 1.29 is 14.5 Å². The summed E-state index contributed by atoms with van der Waals surface area (Å²) in [6.07, 6.45) is 0. The lowest BCUT2D eigenvalue weighted by Gasteiger charge is -2.49. The van der Waals surface area contributed by atoms with Crippen LogP contribution in [0, 0.1) is 10.1 Å². The SMILES string of the molecule is CC(=O)N1CN2CN(C(C)=O)CC([N+](=O)[O-])(C2)C1. The number of hydrogen-bond donors (Lipinski definition) is 0. The minimum Gasteiger partial charge on any atom is -0.323 e. The van der Waals surface area contributed by atoms with Gasteiger partial charge in [-0.2, -0.15) is 0 Å². The summed E-state index contributed by atoms with van der Waals surface area (Å²) in [7, 11) is 0. The Morgan fingerprint density at radius 2 is 1.50 bits per heavy atom. The van der Waals surface area contributed by atoms with Crippen LogP contribution in [0.3, 0.4) is 0 Å². The van der Waals surface area contributed by atoms with Gasteiger partial charge in [-0.15, -0.1) is 0 Å². The molecule has 2 bridgehead atoms. The van der Waals surface area contributed by atoms with Crippen LogP contribution in [-0.4, -0.2) is 69.9 Å². The number of nitro groups is 1. The predicted molar refractivity (Wildman–Crippen MR) is 60.9 cm³/mol. The first kappa shape index (κ1) is 12.7. The van der Waals surface area contributed by atoms with Gasteiger partial charge in [-0.25, -0.2) is 0 Å². The molecule has 0 aromatic rings. The van der Waals surface area contributed by atoms with Crippen molar-refractivity contribution in [3.8, 4) is 0 Å². The summed E-state index contributed by atoms with van der Waals surface area (Å²) in [5.74, 6) is -0.357. The van der Waals surface area contributed by atoms with Crippen molar-refractivity contribution in [3.05, 3.63) is 10.1 Å². The maximum Gasteiger partial charge on any atom is 0.269 e. The van der Waals surface area contributed by atoms with E-state index in [4.69, 9.17) is 0 Å². The van der Waals surface area contributed by atoms with Gasteiger partial charge in [0, 0.05) is 18.8 Å². The molecule has 100 valence electrons. The average molecular weight is 256 g/mol. The third kappa shape index (κ3) is 2.03. The summed E-state index contributed by atoms with van der Waals surface area (Å²) in [5, 5.41) is 11.3. The van der Waals surface area contributed by atoms with Crippen LogP contribution in [-0.2, 0) is 9.59 Å². The van der Waals surface area contributed by atoms with Crippen molar-refractivity contribution in [2.75, 3.05) is 33.0 Å². The maximum absolute atomic E-state index is 11.4. The number of carbonyl (C=O) groups excluding carboxylic acids is 2. The zero-order valence-corrected chi connectivity index (χ0v) is 10.5. The molecule has 2 amide bonds. The van der Waals surface area contributed by atoms with E-state index in [0.717, 1.165) is 0 Å². The Labute approximate surface area is 104 Å². The van der Waals surface area contributed by atoms with E-state index in [1.165, 1.54) is 23.6 Å². The Hall–Kier alpha value is -1.70. The van der Waals surface area contributed by atoms with Crippen LogP contribution in [0.4, 0.5) is 0 Å². The number of rotatable bonds is 1. The van der Waals surface area contributed by atoms with Gasteiger partial charge in [0.2, 0.25) is 11.8 Å². The molecule has 0 unspecified atom stereocenters. The van der Waals surface area contributed by atoms with Crippen molar-refractivity contribution in [2.45, 2.75) is 19.4 Å². The smallest absolute Gasteiger partial charge is 0.269 e. The molecule has 18 heavy (non-hydrogen) atoms. The van der Waals surface area contributed by atoms with Crippen LogP contribution < -0.4 is 0 Å². The van der Waals surface area contributed by atoms with Gasteiger partial charge in [0.25, 0.3) is 5.54 Å². The topological polar surface area (TPSA) is 87.0 Å². The highest BCUT2D eigenvalue weighted by molar-refractivity contribution is 5.74. The first-order chi connectivity index (χ1) is 8.34. The Balaban J connectivity index is 2.28. The summed E-state index contributed by atoms with van der Waals surface area (Å²) in [6.45, 7) is 3.90. The molecule has 2 rings (SSSR count). The fraction of sp³-hybridized carbons (Fsp3) is 0.800. The van der Waals surface area contributed by atoms with Crippen LogP contribution in [0.1, 0.15) is 13.8 Å². The zero-order valence-electron chi connectivity index (χ0n) is 10.5. The summed E-state index contributed by atoms with van der Waals surface area (Å²) in [6, 6.07) is 0. The lowest BCUT2D eigenvalue weighted by atomic mass is 9.93. The fourth-order valence-electron chi connectivity index (χ4n) is 2.60. The van der Waals surface area contributed by atoms with E-state index in [2.05, 4.69) is 0 Å². The molecule has 0 aromatic heterocycles. The van der Waals surface area contributed by atoms with Crippen molar-refractivity contribution in [2.24, 2.45) is 0 Å². The number of fused-ring (bicyclic) bond motifs is 2. The highest BCUT2D eigenvalue weighted by atomic mass is 16.6. The Morgan fingerprint density at radius 3 is 1.83 bits per heavy atom. The Bertz CT molecular complexity index is 385. The van der Waals surface area contributed by atoms with Gasteiger partial charge < -0.3 is 9.80 Å². The molecular weight excluding hydrogens is 240 g/mol. The van der Waals surface area contributed by atoms with Crippen LogP contribution in [0.2, 0.25) is 0 Å². The quantitative estimate of drug-likeness (QED) is 0.441. The number of amides is 2. The molecule has 0 atom stereocenters. The maximum atomic E-state index is 11.4. The van der Waals surface area contributed by atoms with E-state index in [-0.39, 0.29) is 36.4 Å². The van der Waals surface area contributed by atoms with E-state index in [9.17, 15) is 19.7 Å². The largest absolute Gasteiger partial charge is 0.323 e. The summed E-state index contributed by atoms with van der Waals surface area (Å²) in [5.41, 5.74) is -1.26. The Morgan fingerprint density at radius 1 is 1.06 bits per heavy atom. The molecule has 2 fully saturated rings. The van der Waals surface area contributed by atoms with Crippen molar-refractivity contribution in [1.82, 2.24) is 14.7 Å². The molecule has 0 aliphatic carbocycles. The second-order valence-electron chi connectivity index (χ2n) is 5.03. The molecule has 2 saturated heterocycles. The van der Waals surface area contributed by atoms with Crippen LogP contribution in [0.15, 0.2) is 0 Å². The molecule has 8 heteroatoms. The van der Waals surface area contributed by atoms with E-state index >= 15 is 0 Å². The summed E-state index contributed by atoms with van der Waals surface area (Å²) >= 11 is 0. The molecule has 2 heterocycles. The molecule has 0 spiro atoms. The molecule has 2 aliphatic heterocycles. The lowest BCUT2D eigenvalue weighted by molar-refractivity contribution is -0.579. The van der Waals surface area contributed by atoms with E-state index in [1.807, 2.05) is 0 Å². The first-order valence-electron chi connectivity index (χ1n) is 5.72. The van der Waals surface area contributed by atoms with Gasteiger partial charge in [-0.05, 0) is 0 Å².